The van der Waals surface area contributed by atoms with Crippen LogP contribution in [0.4, 0.5) is 4.39 Å². The molecular formula is C18H30ClFN2O. The molecule has 0 spiro atoms. The van der Waals surface area contributed by atoms with Crippen molar-refractivity contribution in [2.75, 3.05) is 6.54 Å². The SMILES string of the molecule is CC(C)CC(C)(CN)NC(=O)C(C)CCc1cccc(F)c1.Cl. The number of nitrogens with two attached hydrogens (primary N) is 1. The first kappa shape index (κ1) is 21.9. The Morgan fingerprint density at radius 3 is 2.52 bits per heavy atom. The average molecular weight is 345 g/mol. The van der Waals surface area contributed by atoms with Crippen molar-refractivity contribution in [1.29, 1.82) is 0 Å². The number of halogens is 2. The molecule has 0 aliphatic carbocycles. The standard InChI is InChI=1S/C18H29FN2O.ClH/c1-13(2)11-18(4,12-20)21-17(22)14(3)8-9-15-6-5-7-16(19)10-15;/h5-7,10,13-14H,8-9,11-12,20H2,1-4H3,(H,21,22);1H. The zero-order chi connectivity index (χ0) is 16.8. The van der Waals surface area contributed by atoms with Gasteiger partial charge in [-0.05, 0) is 49.8 Å². The fourth-order valence-corrected chi connectivity index (χ4v) is 2.71. The predicted octanol–water partition coefficient (Wildman–Crippen LogP) is 3.70. The second kappa shape index (κ2) is 9.89. The molecule has 0 saturated heterocycles. The number of nitrogens with one attached hydrogen (secondary N) is 1. The fourth-order valence-electron chi connectivity index (χ4n) is 2.71. The number of carbonyl (C=O) groups excluding carboxylic acids is 1. The average Bonchev–Trinajstić information content (AvgIpc) is 2.43. The zero-order valence-corrected chi connectivity index (χ0v) is 15.4. The van der Waals surface area contributed by atoms with Gasteiger partial charge in [-0.2, -0.15) is 0 Å². The van der Waals surface area contributed by atoms with Crippen LogP contribution in [-0.4, -0.2) is 18.0 Å². The summed E-state index contributed by atoms with van der Waals surface area (Å²) >= 11 is 0. The Hall–Kier alpha value is -1.13. The van der Waals surface area contributed by atoms with Crippen LogP contribution in [0.5, 0.6) is 0 Å². The summed E-state index contributed by atoms with van der Waals surface area (Å²) in [7, 11) is 0. The smallest absolute Gasteiger partial charge is 0.223 e. The molecule has 0 heterocycles. The molecule has 3 N–H and O–H groups in total. The van der Waals surface area contributed by atoms with Gasteiger partial charge in [-0.1, -0.05) is 32.9 Å². The van der Waals surface area contributed by atoms with Crippen LogP contribution in [0.3, 0.4) is 0 Å². The van der Waals surface area contributed by atoms with Gasteiger partial charge < -0.3 is 11.1 Å². The molecule has 1 rings (SSSR count). The molecule has 5 heteroatoms. The molecule has 0 saturated carbocycles. The summed E-state index contributed by atoms with van der Waals surface area (Å²) in [4.78, 5) is 12.3. The summed E-state index contributed by atoms with van der Waals surface area (Å²) in [6, 6.07) is 6.53. The third kappa shape index (κ3) is 7.80. The van der Waals surface area contributed by atoms with E-state index >= 15 is 0 Å². The minimum Gasteiger partial charge on any atom is -0.349 e. The van der Waals surface area contributed by atoms with Crippen LogP contribution in [0.1, 0.15) is 46.1 Å². The Balaban J connectivity index is 0.00000484. The molecule has 23 heavy (non-hydrogen) atoms. The summed E-state index contributed by atoms with van der Waals surface area (Å²) in [5.74, 6) is 0.130. The number of hydrogen-bond acceptors (Lipinski definition) is 2. The topological polar surface area (TPSA) is 55.1 Å². The van der Waals surface area contributed by atoms with E-state index < -0.39 is 0 Å². The van der Waals surface area contributed by atoms with Crippen LogP contribution < -0.4 is 11.1 Å². The number of aryl methyl sites for hydroxylation is 1. The minimum absolute atomic E-state index is 0. The Labute approximate surface area is 145 Å². The molecule has 0 radical (unpaired) electrons. The van der Waals surface area contributed by atoms with Crippen molar-refractivity contribution in [2.45, 2.75) is 52.5 Å². The first-order valence-corrected chi connectivity index (χ1v) is 8.02. The lowest BCUT2D eigenvalue weighted by molar-refractivity contribution is -0.126. The van der Waals surface area contributed by atoms with Gasteiger partial charge in [0.1, 0.15) is 5.82 Å². The molecule has 0 bridgehead atoms. The summed E-state index contributed by atoms with van der Waals surface area (Å²) in [6.45, 7) is 8.56. The van der Waals surface area contributed by atoms with E-state index in [1.54, 1.807) is 6.07 Å². The van der Waals surface area contributed by atoms with Crippen LogP contribution >= 0.6 is 12.4 Å². The third-order valence-corrected chi connectivity index (χ3v) is 3.94. The highest BCUT2D eigenvalue weighted by atomic mass is 35.5. The van der Waals surface area contributed by atoms with E-state index in [4.69, 9.17) is 5.73 Å². The quantitative estimate of drug-likeness (QED) is 0.755. The third-order valence-electron chi connectivity index (χ3n) is 3.94. The second-order valence-corrected chi connectivity index (χ2v) is 6.92. The Kier molecular flexibility index (Phi) is 9.40. The Morgan fingerprint density at radius 2 is 2.00 bits per heavy atom. The lowest BCUT2D eigenvalue weighted by Crippen LogP contribution is -2.53. The van der Waals surface area contributed by atoms with Crippen molar-refractivity contribution < 1.29 is 9.18 Å². The highest BCUT2D eigenvalue weighted by Crippen LogP contribution is 2.17. The summed E-state index contributed by atoms with van der Waals surface area (Å²) in [6.07, 6.45) is 2.24. The van der Waals surface area contributed by atoms with Gasteiger partial charge in [-0.3, -0.25) is 4.79 Å². The van der Waals surface area contributed by atoms with Crippen molar-refractivity contribution in [3.63, 3.8) is 0 Å². The fraction of sp³-hybridized carbons (Fsp3) is 0.611. The van der Waals surface area contributed by atoms with Gasteiger partial charge in [-0.15, -0.1) is 12.4 Å². The first-order valence-electron chi connectivity index (χ1n) is 8.02. The molecule has 132 valence electrons. The Bertz CT molecular complexity index is 496. The lowest BCUT2D eigenvalue weighted by atomic mass is 9.89. The normalized spacial score (nSPS) is 14.7. The predicted molar refractivity (Wildman–Crippen MR) is 96.2 cm³/mol. The second-order valence-electron chi connectivity index (χ2n) is 6.92. The van der Waals surface area contributed by atoms with Crippen molar-refractivity contribution in [2.24, 2.45) is 17.6 Å². The summed E-state index contributed by atoms with van der Waals surface area (Å²) < 4.78 is 13.1. The molecule has 0 aromatic heterocycles. The van der Waals surface area contributed by atoms with Crippen LogP contribution in [-0.2, 0) is 11.2 Å². The largest absolute Gasteiger partial charge is 0.349 e. The molecule has 0 fully saturated rings. The van der Waals surface area contributed by atoms with E-state index in [-0.39, 0.29) is 35.6 Å². The van der Waals surface area contributed by atoms with Crippen LogP contribution in [0.25, 0.3) is 0 Å². The number of amides is 1. The van der Waals surface area contributed by atoms with E-state index in [1.807, 2.05) is 19.9 Å². The highest BCUT2D eigenvalue weighted by Gasteiger charge is 2.27. The van der Waals surface area contributed by atoms with E-state index in [9.17, 15) is 9.18 Å². The molecule has 1 amide bonds. The van der Waals surface area contributed by atoms with Gasteiger partial charge in [0.25, 0.3) is 0 Å². The van der Waals surface area contributed by atoms with E-state index in [1.165, 1.54) is 12.1 Å². The molecule has 0 aliphatic heterocycles. The summed E-state index contributed by atoms with van der Waals surface area (Å²) in [5.41, 5.74) is 6.39. The molecule has 2 atom stereocenters. The molecule has 3 nitrogen and oxygen atoms in total. The van der Waals surface area contributed by atoms with Crippen molar-refractivity contribution in [3.8, 4) is 0 Å². The van der Waals surface area contributed by atoms with Crippen molar-refractivity contribution in [1.82, 2.24) is 5.32 Å². The monoisotopic (exact) mass is 344 g/mol. The van der Waals surface area contributed by atoms with Gasteiger partial charge >= 0.3 is 0 Å². The Morgan fingerprint density at radius 1 is 1.35 bits per heavy atom. The van der Waals surface area contributed by atoms with Gasteiger partial charge in [0.15, 0.2) is 0 Å². The van der Waals surface area contributed by atoms with E-state index in [0.29, 0.717) is 25.3 Å². The van der Waals surface area contributed by atoms with E-state index in [0.717, 1.165) is 12.0 Å². The summed E-state index contributed by atoms with van der Waals surface area (Å²) in [5, 5.41) is 3.08. The number of carbonyl (C=O) groups is 1. The van der Waals surface area contributed by atoms with Gasteiger partial charge in [0.2, 0.25) is 5.91 Å². The number of hydrogen-bond donors (Lipinski definition) is 2. The molecule has 1 aromatic carbocycles. The highest BCUT2D eigenvalue weighted by molar-refractivity contribution is 5.85. The number of benzene rings is 1. The lowest BCUT2D eigenvalue weighted by Gasteiger charge is -2.32. The molecule has 2 unspecified atom stereocenters. The van der Waals surface area contributed by atoms with Crippen LogP contribution in [0.15, 0.2) is 24.3 Å². The maximum atomic E-state index is 13.1. The van der Waals surface area contributed by atoms with Gasteiger partial charge in [-0.25, -0.2) is 4.39 Å². The zero-order valence-electron chi connectivity index (χ0n) is 14.6. The van der Waals surface area contributed by atoms with Crippen LogP contribution in [0, 0.1) is 17.7 Å². The maximum Gasteiger partial charge on any atom is 0.223 e. The minimum atomic E-state index is -0.363. The maximum absolute atomic E-state index is 13.1. The van der Waals surface area contributed by atoms with Gasteiger partial charge in [0, 0.05) is 18.0 Å². The van der Waals surface area contributed by atoms with Gasteiger partial charge in [0.05, 0.1) is 0 Å². The molecule has 1 aromatic rings. The van der Waals surface area contributed by atoms with Crippen molar-refractivity contribution in [3.05, 3.63) is 35.6 Å². The van der Waals surface area contributed by atoms with E-state index in [2.05, 4.69) is 19.2 Å². The van der Waals surface area contributed by atoms with Crippen molar-refractivity contribution >= 4 is 18.3 Å². The van der Waals surface area contributed by atoms with Crippen LogP contribution in [0.2, 0.25) is 0 Å². The molecular weight excluding hydrogens is 315 g/mol. The number of rotatable bonds is 8. The molecule has 0 aliphatic rings. The first-order chi connectivity index (χ1) is 10.3.